The zero-order valence-corrected chi connectivity index (χ0v) is 9.03. The molecule has 1 amide bonds. The Hall–Kier alpha value is -2.37. The third-order valence-electron chi connectivity index (χ3n) is 2.10. The van der Waals surface area contributed by atoms with Gasteiger partial charge in [0.25, 0.3) is 5.91 Å². The largest absolute Gasteiger partial charge is 0.432 e. The Morgan fingerprint density at radius 2 is 2.29 bits per heavy atom. The molecule has 0 bridgehead atoms. The van der Waals surface area contributed by atoms with Gasteiger partial charge in [0, 0.05) is 5.56 Å². The molecule has 0 atom stereocenters. The Kier molecular flexibility index (Phi) is 2.78. The van der Waals surface area contributed by atoms with Crippen LogP contribution >= 0.6 is 0 Å². The lowest BCUT2D eigenvalue weighted by molar-refractivity contribution is 0.102. The molecular formula is C11H10FN3O2. The Labute approximate surface area is 96.4 Å². The minimum Gasteiger partial charge on any atom is -0.432 e. The van der Waals surface area contributed by atoms with E-state index < -0.39 is 11.7 Å². The normalized spacial score (nSPS) is 10.2. The second-order valence-electron chi connectivity index (χ2n) is 3.48. The molecule has 0 aliphatic carbocycles. The van der Waals surface area contributed by atoms with Gasteiger partial charge in [-0.3, -0.25) is 10.1 Å². The van der Waals surface area contributed by atoms with Crippen LogP contribution in [0.3, 0.4) is 0 Å². The summed E-state index contributed by atoms with van der Waals surface area (Å²) in [5.74, 6) is -1.02. The molecule has 0 aliphatic rings. The zero-order chi connectivity index (χ0) is 12.4. The van der Waals surface area contributed by atoms with Crippen molar-refractivity contribution in [3.63, 3.8) is 0 Å². The van der Waals surface area contributed by atoms with Gasteiger partial charge in [0.1, 0.15) is 12.1 Å². The topological polar surface area (TPSA) is 81.2 Å². The highest BCUT2D eigenvalue weighted by Crippen LogP contribution is 2.14. The lowest BCUT2D eigenvalue weighted by Gasteiger charge is -2.02. The SMILES string of the molecule is Cc1coc(NC(=O)c2ccc(F)c(N)c2)n1. The fourth-order valence-electron chi connectivity index (χ4n) is 1.27. The molecule has 2 aromatic rings. The Morgan fingerprint density at radius 1 is 1.53 bits per heavy atom. The second kappa shape index (κ2) is 4.25. The van der Waals surface area contributed by atoms with Crippen LogP contribution in [0.15, 0.2) is 28.9 Å². The average Bonchev–Trinajstić information content (AvgIpc) is 2.68. The van der Waals surface area contributed by atoms with E-state index in [0.29, 0.717) is 5.69 Å². The van der Waals surface area contributed by atoms with Crippen LogP contribution in [0.4, 0.5) is 16.1 Å². The first-order valence-electron chi connectivity index (χ1n) is 4.85. The number of benzene rings is 1. The molecule has 6 heteroatoms. The maximum Gasteiger partial charge on any atom is 0.301 e. The van der Waals surface area contributed by atoms with Gasteiger partial charge in [-0.05, 0) is 25.1 Å². The van der Waals surface area contributed by atoms with E-state index in [4.69, 9.17) is 10.2 Å². The number of oxazole rings is 1. The van der Waals surface area contributed by atoms with E-state index in [1.165, 1.54) is 18.4 Å². The van der Waals surface area contributed by atoms with E-state index in [-0.39, 0.29) is 17.3 Å². The highest BCUT2D eigenvalue weighted by molar-refractivity contribution is 6.03. The number of aromatic nitrogens is 1. The number of carbonyl (C=O) groups is 1. The molecule has 5 nitrogen and oxygen atoms in total. The molecule has 1 aromatic heterocycles. The number of aryl methyl sites for hydroxylation is 1. The minimum atomic E-state index is -0.562. The number of anilines is 2. The predicted octanol–water partition coefficient (Wildman–Crippen LogP) is 1.96. The standard InChI is InChI=1S/C11H10FN3O2/c1-6-5-17-11(14-6)15-10(16)7-2-3-8(12)9(13)4-7/h2-5H,13H2,1H3,(H,14,15,16). The summed E-state index contributed by atoms with van der Waals surface area (Å²) in [6.45, 7) is 1.73. The molecule has 0 radical (unpaired) electrons. The first-order chi connectivity index (χ1) is 8.06. The quantitative estimate of drug-likeness (QED) is 0.779. The van der Waals surface area contributed by atoms with E-state index in [2.05, 4.69) is 10.3 Å². The van der Waals surface area contributed by atoms with Gasteiger partial charge in [0.15, 0.2) is 0 Å². The van der Waals surface area contributed by atoms with Gasteiger partial charge in [0.05, 0.1) is 11.4 Å². The molecule has 0 unspecified atom stereocenters. The molecule has 1 heterocycles. The van der Waals surface area contributed by atoms with Gasteiger partial charge in [-0.25, -0.2) is 4.39 Å². The Bertz CT molecular complexity index is 566. The van der Waals surface area contributed by atoms with Crippen LogP contribution in [-0.2, 0) is 0 Å². The molecule has 17 heavy (non-hydrogen) atoms. The number of nitrogen functional groups attached to an aromatic ring is 1. The number of carbonyl (C=O) groups excluding carboxylic acids is 1. The van der Waals surface area contributed by atoms with Crippen LogP contribution in [0.1, 0.15) is 16.1 Å². The third-order valence-corrected chi connectivity index (χ3v) is 2.10. The van der Waals surface area contributed by atoms with Crippen LogP contribution in [0, 0.1) is 12.7 Å². The van der Waals surface area contributed by atoms with Gasteiger partial charge >= 0.3 is 6.01 Å². The van der Waals surface area contributed by atoms with E-state index in [0.717, 1.165) is 6.07 Å². The van der Waals surface area contributed by atoms with E-state index in [1.54, 1.807) is 6.92 Å². The second-order valence-corrected chi connectivity index (χ2v) is 3.48. The molecule has 2 rings (SSSR count). The van der Waals surface area contributed by atoms with E-state index >= 15 is 0 Å². The average molecular weight is 235 g/mol. The first-order valence-corrected chi connectivity index (χ1v) is 4.85. The molecule has 0 fully saturated rings. The van der Waals surface area contributed by atoms with Crippen molar-refractivity contribution in [3.8, 4) is 0 Å². The monoisotopic (exact) mass is 235 g/mol. The first kappa shape index (κ1) is 11.1. The fraction of sp³-hybridized carbons (Fsp3) is 0.0909. The molecule has 0 saturated carbocycles. The number of hydrogen-bond acceptors (Lipinski definition) is 4. The Morgan fingerprint density at radius 3 is 2.88 bits per heavy atom. The van der Waals surface area contributed by atoms with Gasteiger partial charge in [-0.15, -0.1) is 0 Å². The number of nitrogens with one attached hydrogen (secondary N) is 1. The number of nitrogens with two attached hydrogens (primary N) is 1. The third kappa shape index (κ3) is 2.41. The van der Waals surface area contributed by atoms with E-state index in [9.17, 15) is 9.18 Å². The number of amides is 1. The summed E-state index contributed by atoms with van der Waals surface area (Å²) < 4.78 is 17.9. The smallest absolute Gasteiger partial charge is 0.301 e. The van der Waals surface area contributed by atoms with Crippen LogP contribution in [0.25, 0.3) is 0 Å². The molecule has 3 N–H and O–H groups in total. The van der Waals surface area contributed by atoms with Crippen molar-refractivity contribution >= 4 is 17.6 Å². The van der Waals surface area contributed by atoms with Crippen molar-refractivity contribution in [2.45, 2.75) is 6.92 Å². The summed E-state index contributed by atoms with van der Waals surface area (Å²) >= 11 is 0. The molecular weight excluding hydrogens is 225 g/mol. The number of nitrogens with zero attached hydrogens (tertiary/aromatic N) is 1. The molecule has 1 aromatic carbocycles. The van der Waals surface area contributed by atoms with Crippen LogP contribution < -0.4 is 11.1 Å². The fourth-order valence-corrected chi connectivity index (χ4v) is 1.27. The summed E-state index contributed by atoms with van der Waals surface area (Å²) in [5.41, 5.74) is 6.17. The van der Waals surface area contributed by atoms with Crippen molar-refractivity contribution in [2.75, 3.05) is 11.1 Å². The summed E-state index contributed by atoms with van der Waals surface area (Å²) in [4.78, 5) is 15.6. The van der Waals surface area contributed by atoms with Crippen molar-refractivity contribution in [2.24, 2.45) is 0 Å². The molecule has 88 valence electrons. The van der Waals surface area contributed by atoms with Crippen molar-refractivity contribution < 1.29 is 13.6 Å². The van der Waals surface area contributed by atoms with Gasteiger partial charge in [0.2, 0.25) is 0 Å². The lowest BCUT2D eigenvalue weighted by Crippen LogP contribution is -2.12. The van der Waals surface area contributed by atoms with Crippen LogP contribution in [-0.4, -0.2) is 10.9 Å². The van der Waals surface area contributed by atoms with E-state index in [1.807, 2.05) is 0 Å². The molecule has 0 saturated heterocycles. The summed E-state index contributed by atoms with van der Waals surface area (Å²) in [7, 11) is 0. The lowest BCUT2D eigenvalue weighted by atomic mass is 10.2. The molecule has 0 spiro atoms. The number of hydrogen-bond donors (Lipinski definition) is 2. The van der Waals surface area contributed by atoms with Gasteiger partial charge < -0.3 is 10.2 Å². The van der Waals surface area contributed by atoms with Crippen molar-refractivity contribution in [3.05, 3.63) is 41.5 Å². The van der Waals surface area contributed by atoms with Crippen molar-refractivity contribution in [1.29, 1.82) is 0 Å². The van der Waals surface area contributed by atoms with Crippen LogP contribution in [0.5, 0.6) is 0 Å². The number of rotatable bonds is 2. The maximum atomic E-state index is 12.9. The van der Waals surface area contributed by atoms with Gasteiger partial charge in [-0.1, -0.05) is 0 Å². The van der Waals surface area contributed by atoms with Gasteiger partial charge in [-0.2, -0.15) is 4.98 Å². The summed E-state index contributed by atoms with van der Waals surface area (Å²) in [5, 5.41) is 2.43. The summed E-state index contributed by atoms with van der Waals surface area (Å²) in [6, 6.07) is 3.80. The minimum absolute atomic E-state index is 0.0822. The number of halogens is 1. The maximum absolute atomic E-state index is 12.9. The van der Waals surface area contributed by atoms with Crippen molar-refractivity contribution in [1.82, 2.24) is 4.98 Å². The molecule has 0 aliphatic heterocycles. The van der Waals surface area contributed by atoms with Crippen LogP contribution in [0.2, 0.25) is 0 Å². The zero-order valence-electron chi connectivity index (χ0n) is 9.03. The highest BCUT2D eigenvalue weighted by Gasteiger charge is 2.11. The Balaban J connectivity index is 2.17. The predicted molar refractivity (Wildman–Crippen MR) is 60.0 cm³/mol. The highest BCUT2D eigenvalue weighted by atomic mass is 19.1. The summed E-state index contributed by atoms with van der Waals surface area (Å²) in [6.07, 6.45) is 1.41.